The molecular formula is C15H21NO6S3. The molecule has 1 fully saturated rings. The molecule has 1 amide bonds. The molecule has 2 atom stereocenters. The van der Waals surface area contributed by atoms with Gasteiger partial charge in [-0.15, -0.1) is 0 Å². The molecule has 140 valence electrons. The number of nitrogens with two attached hydrogens (primary N) is 1. The van der Waals surface area contributed by atoms with Crippen LogP contribution < -0.4 is 10.5 Å². The average molecular weight is 408 g/mol. The SMILES string of the molecule is NC(=O)C1(S(=O)c2ccc(OCCCS(=O)(O)=S)cc2)CCOCC1. The molecule has 1 aromatic carbocycles. The molecule has 0 aromatic heterocycles. The fourth-order valence-electron chi connectivity index (χ4n) is 2.54. The van der Waals surface area contributed by atoms with E-state index in [1.54, 1.807) is 24.3 Å². The zero-order chi connectivity index (χ0) is 18.5. The summed E-state index contributed by atoms with van der Waals surface area (Å²) in [5.41, 5.74) is 5.52. The Bertz CT molecular complexity index is 726. The van der Waals surface area contributed by atoms with E-state index in [1.165, 1.54) is 0 Å². The first kappa shape index (κ1) is 20.2. The molecule has 0 bridgehead atoms. The molecule has 0 aliphatic carbocycles. The van der Waals surface area contributed by atoms with E-state index in [1.807, 2.05) is 0 Å². The zero-order valence-corrected chi connectivity index (χ0v) is 16.0. The number of benzene rings is 1. The topological polar surface area (TPSA) is 116 Å². The van der Waals surface area contributed by atoms with E-state index in [0.717, 1.165) is 0 Å². The van der Waals surface area contributed by atoms with Gasteiger partial charge in [0.15, 0.2) is 0 Å². The summed E-state index contributed by atoms with van der Waals surface area (Å²) in [4.78, 5) is 12.4. The Morgan fingerprint density at radius 1 is 1.36 bits per heavy atom. The van der Waals surface area contributed by atoms with Crippen LogP contribution in [0.3, 0.4) is 0 Å². The maximum atomic E-state index is 12.9. The predicted molar refractivity (Wildman–Crippen MR) is 97.9 cm³/mol. The Kier molecular flexibility index (Phi) is 6.92. The Morgan fingerprint density at radius 2 is 1.96 bits per heavy atom. The number of primary amides is 1. The fourth-order valence-corrected chi connectivity index (χ4v) is 4.93. The molecule has 1 aromatic rings. The van der Waals surface area contributed by atoms with Crippen LogP contribution in [0.1, 0.15) is 19.3 Å². The van der Waals surface area contributed by atoms with E-state index in [2.05, 4.69) is 11.2 Å². The molecule has 0 saturated carbocycles. The van der Waals surface area contributed by atoms with Gasteiger partial charge in [0, 0.05) is 29.3 Å². The van der Waals surface area contributed by atoms with E-state index < -0.39 is 30.2 Å². The van der Waals surface area contributed by atoms with Crippen molar-refractivity contribution in [2.45, 2.75) is 28.9 Å². The zero-order valence-electron chi connectivity index (χ0n) is 13.5. The van der Waals surface area contributed by atoms with Crippen molar-refractivity contribution in [1.82, 2.24) is 0 Å². The van der Waals surface area contributed by atoms with Gasteiger partial charge >= 0.3 is 0 Å². The van der Waals surface area contributed by atoms with Crippen molar-refractivity contribution in [3.05, 3.63) is 24.3 Å². The monoisotopic (exact) mass is 407 g/mol. The number of rotatable bonds is 8. The van der Waals surface area contributed by atoms with Crippen LogP contribution in [-0.4, -0.2) is 49.2 Å². The number of hydrogen-bond donors (Lipinski definition) is 2. The molecule has 1 saturated heterocycles. The minimum absolute atomic E-state index is 0.00631. The highest BCUT2D eigenvalue weighted by molar-refractivity contribution is 8.29. The van der Waals surface area contributed by atoms with Gasteiger partial charge in [0.25, 0.3) is 0 Å². The van der Waals surface area contributed by atoms with E-state index in [-0.39, 0.29) is 12.4 Å². The smallest absolute Gasteiger partial charge is 0.236 e. The molecular weight excluding hydrogens is 386 g/mol. The van der Waals surface area contributed by atoms with E-state index >= 15 is 0 Å². The van der Waals surface area contributed by atoms with Crippen molar-refractivity contribution in [1.29, 1.82) is 0 Å². The van der Waals surface area contributed by atoms with Crippen molar-refractivity contribution >= 4 is 36.7 Å². The number of carbonyl (C=O) groups is 1. The van der Waals surface area contributed by atoms with Crippen molar-refractivity contribution in [2.75, 3.05) is 25.6 Å². The van der Waals surface area contributed by atoms with Crippen LogP contribution in [0.15, 0.2) is 29.2 Å². The van der Waals surface area contributed by atoms with Crippen LogP contribution in [0, 0.1) is 0 Å². The molecule has 0 spiro atoms. The number of carbonyl (C=O) groups excluding carboxylic acids is 1. The summed E-state index contributed by atoms with van der Waals surface area (Å²) in [6.45, 7) is 0.957. The lowest BCUT2D eigenvalue weighted by Gasteiger charge is -2.33. The molecule has 2 rings (SSSR count). The maximum Gasteiger partial charge on any atom is 0.236 e. The van der Waals surface area contributed by atoms with Gasteiger partial charge < -0.3 is 19.8 Å². The van der Waals surface area contributed by atoms with Gasteiger partial charge in [-0.05, 0) is 43.5 Å². The fraction of sp³-hybridized carbons (Fsp3) is 0.533. The van der Waals surface area contributed by atoms with Crippen molar-refractivity contribution in [2.24, 2.45) is 5.73 Å². The first-order valence-corrected chi connectivity index (χ1v) is 11.5. The predicted octanol–water partition coefficient (Wildman–Crippen LogP) is 0.817. The summed E-state index contributed by atoms with van der Waals surface area (Å²) in [5, 5.41) is 0. The van der Waals surface area contributed by atoms with Crippen LogP contribution in [0.2, 0.25) is 0 Å². The standard InChI is InChI=1S/C15H21NO6S3/c16-14(17)15(6-9-21-10-7-15)24(18)13-4-2-12(3-5-13)22-8-1-11-25(19,20)23/h2-5H,1,6-11H2,(H2,16,17)(H,19,20,23). The van der Waals surface area contributed by atoms with Gasteiger partial charge in [-0.1, -0.05) is 0 Å². The molecule has 1 aliphatic rings. The lowest BCUT2D eigenvalue weighted by Crippen LogP contribution is -2.51. The summed E-state index contributed by atoms with van der Waals surface area (Å²) in [6, 6.07) is 6.55. The molecule has 25 heavy (non-hydrogen) atoms. The van der Waals surface area contributed by atoms with Crippen molar-refractivity contribution < 1.29 is 27.2 Å². The second-order valence-corrected chi connectivity index (χ2v) is 10.6. The summed E-state index contributed by atoms with van der Waals surface area (Å²) in [6.07, 6.45) is 1.01. The third-order valence-corrected chi connectivity index (χ3v) is 7.28. The van der Waals surface area contributed by atoms with E-state index in [4.69, 9.17) is 19.8 Å². The highest BCUT2D eigenvalue weighted by Gasteiger charge is 2.45. The first-order valence-electron chi connectivity index (χ1n) is 7.72. The van der Waals surface area contributed by atoms with Crippen LogP contribution in [0.25, 0.3) is 0 Å². The minimum Gasteiger partial charge on any atom is -0.494 e. The average Bonchev–Trinajstić information content (AvgIpc) is 2.58. The Morgan fingerprint density at radius 3 is 2.48 bits per heavy atom. The second kappa shape index (κ2) is 8.54. The van der Waals surface area contributed by atoms with Gasteiger partial charge in [0.1, 0.15) is 19.3 Å². The lowest BCUT2D eigenvalue weighted by molar-refractivity contribution is -0.122. The first-order chi connectivity index (χ1) is 11.7. The van der Waals surface area contributed by atoms with Crippen LogP contribution >= 0.6 is 0 Å². The second-order valence-electron chi connectivity index (χ2n) is 5.70. The molecule has 3 N–H and O–H groups in total. The number of ether oxygens (including phenoxy) is 2. The van der Waals surface area contributed by atoms with Gasteiger partial charge in [-0.3, -0.25) is 9.00 Å². The third kappa shape index (κ3) is 5.45. The summed E-state index contributed by atoms with van der Waals surface area (Å²) < 4.78 is 42.5. The quantitative estimate of drug-likeness (QED) is 0.613. The normalized spacial score (nSPS) is 20.4. The van der Waals surface area contributed by atoms with Gasteiger partial charge in [-0.25, -0.2) is 4.21 Å². The van der Waals surface area contributed by atoms with E-state index in [9.17, 15) is 13.2 Å². The molecule has 10 heteroatoms. The van der Waals surface area contributed by atoms with Crippen LogP contribution in [0.4, 0.5) is 0 Å². The lowest BCUT2D eigenvalue weighted by atomic mass is 9.98. The molecule has 7 nitrogen and oxygen atoms in total. The molecule has 2 unspecified atom stereocenters. The number of amides is 1. The van der Waals surface area contributed by atoms with Crippen LogP contribution in [0.5, 0.6) is 5.75 Å². The Balaban J connectivity index is 2.01. The Hall–Kier alpha value is -1.07. The maximum absolute atomic E-state index is 12.9. The van der Waals surface area contributed by atoms with Crippen molar-refractivity contribution in [3.63, 3.8) is 0 Å². The summed E-state index contributed by atoms with van der Waals surface area (Å²) in [5.74, 6) is -0.0474. The molecule has 1 aliphatic heterocycles. The van der Waals surface area contributed by atoms with Gasteiger partial charge in [0.2, 0.25) is 5.91 Å². The van der Waals surface area contributed by atoms with Gasteiger partial charge in [-0.2, -0.15) is 0 Å². The highest BCUT2D eigenvalue weighted by Crippen LogP contribution is 2.32. The summed E-state index contributed by atoms with van der Waals surface area (Å²) >= 11 is 4.40. The van der Waals surface area contributed by atoms with Gasteiger partial charge in [0.05, 0.1) is 23.2 Å². The Labute approximate surface area is 154 Å². The minimum atomic E-state index is -3.16. The van der Waals surface area contributed by atoms with E-state index in [0.29, 0.717) is 43.1 Å². The van der Waals surface area contributed by atoms with Crippen molar-refractivity contribution in [3.8, 4) is 5.75 Å². The largest absolute Gasteiger partial charge is 0.494 e. The summed E-state index contributed by atoms with van der Waals surface area (Å²) in [7, 11) is -4.75. The third-order valence-electron chi connectivity index (χ3n) is 3.96. The van der Waals surface area contributed by atoms with Crippen LogP contribution in [-0.2, 0) is 40.3 Å². The molecule has 1 heterocycles. The number of hydrogen-bond acceptors (Lipinski definition) is 6. The highest BCUT2D eigenvalue weighted by atomic mass is 32.8. The molecule has 0 radical (unpaired) electrons.